The summed E-state index contributed by atoms with van der Waals surface area (Å²) in [5.74, 6) is -0.0994. The van der Waals surface area contributed by atoms with Gasteiger partial charge in [0.2, 0.25) is 5.91 Å². The van der Waals surface area contributed by atoms with Crippen molar-refractivity contribution in [1.29, 1.82) is 0 Å². The largest absolute Gasteiger partial charge is 0.376 e. The van der Waals surface area contributed by atoms with Gasteiger partial charge in [0.05, 0.1) is 6.54 Å². The van der Waals surface area contributed by atoms with E-state index in [2.05, 4.69) is 22.2 Å². The molecule has 0 unspecified atom stereocenters. The van der Waals surface area contributed by atoms with Crippen LogP contribution in [0, 0.1) is 0 Å². The van der Waals surface area contributed by atoms with Gasteiger partial charge in [-0.15, -0.1) is 0 Å². The molecule has 0 radical (unpaired) electrons. The highest BCUT2D eigenvalue weighted by molar-refractivity contribution is 8.03. The molecule has 0 saturated heterocycles. The molecule has 0 aliphatic rings. The van der Waals surface area contributed by atoms with Gasteiger partial charge in [-0.25, -0.2) is 0 Å². The van der Waals surface area contributed by atoms with Crippen molar-refractivity contribution < 1.29 is 4.79 Å². The fraction of sp³-hybridized carbons (Fsp3) is 0.0833. The summed E-state index contributed by atoms with van der Waals surface area (Å²) in [6, 6.07) is 15.7. The predicted octanol–water partition coefficient (Wildman–Crippen LogP) is 6.02. The average Bonchev–Trinajstić information content (AvgIpc) is 2.73. The van der Waals surface area contributed by atoms with Crippen molar-refractivity contribution in [2.24, 2.45) is 0 Å². The van der Waals surface area contributed by atoms with Crippen LogP contribution >= 0.6 is 11.8 Å². The fourth-order valence-corrected chi connectivity index (χ4v) is 3.73. The molecule has 5 heteroatoms. The minimum Gasteiger partial charge on any atom is -0.376 e. The number of allylic oxidation sites excluding steroid dienone is 4. The van der Waals surface area contributed by atoms with Gasteiger partial charge >= 0.3 is 0 Å². The number of rotatable bonds is 8. The molecule has 0 fully saturated rings. The van der Waals surface area contributed by atoms with E-state index in [1.165, 1.54) is 0 Å². The van der Waals surface area contributed by atoms with Crippen LogP contribution in [0.4, 0.5) is 11.4 Å². The number of nitrogens with zero attached hydrogens (tertiary/aromatic N) is 1. The number of carbonyl (C=O) groups excluding carboxylic acids is 1. The molecule has 2 aromatic carbocycles. The van der Waals surface area contributed by atoms with Gasteiger partial charge in [-0.05, 0) is 54.8 Å². The highest BCUT2D eigenvalue weighted by Crippen LogP contribution is 2.29. The van der Waals surface area contributed by atoms with Crippen molar-refractivity contribution >= 4 is 39.8 Å². The normalized spacial score (nSPS) is 11.6. The molecule has 4 nitrogen and oxygen atoms in total. The Morgan fingerprint density at radius 2 is 2.03 bits per heavy atom. The van der Waals surface area contributed by atoms with E-state index < -0.39 is 0 Å². The van der Waals surface area contributed by atoms with Gasteiger partial charge in [-0.2, -0.15) is 0 Å². The molecule has 0 aliphatic heterocycles. The number of anilines is 2. The van der Waals surface area contributed by atoms with E-state index in [1.54, 1.807) is 30.2 Å². The first-order chi connectivity index (χ1) is 14.2. The van der Waals surface area contributed by atoms with E-state index in [9.17, 15) is 4.79 Å². The van der Waals surface area contributed by atoms with Crippen molar-refractivity contribution in [3.63, 3.8) is 0 Å². The van der Waals surface area contributed by atoms with Crippen molar-refractivity contribution in [1.82, 2.24) is 4.98 Å². The minimum absolute atomic E-state index is 0.0994. The molecule has 1 heterocycles. The summed E-state index contributed by atoms with van der Waals surface area (Å²) in [6.45, 7) is 5.93. The Morgan fingerprint density at radius 3 is 2.86 bits per heavy atom. The number of hydrogen-bond acceptors (Lipinski definition) is 4. The molecule has 0 bridgehead atoms. The smallest absolute Gasteiger partial charge is 0.243 e. The molecule has 3 rings (SSSR count). The van der Waals surface area contributed by atoms with E-state index in [0.29, 0.717) is 0 Å². The van der Waals surface area contributed by atoms with Crippen LogP contribution in [0.2, 0.25) is 0 Å². The van der Waals surface area contributed by atoms with Crippen LogP contribution in [0.5, 0.6) is 0 Å². The van der Waals surface area contributed by atoms with E-state index in [1.807, 2.05) is 73.7 Å². The van der Waals surface area contributed by atoms with Gasteiger partial charge in [0.25, 0.3) is 0 Å². The van der Waals surface area contributed by atoms with E-state index >= 15 is 0 Å². The molecule has 29 heavy (non-hydrogen) atoms. The maximum absolute atomic E-state index is 12.3. The number of nitrogens with one attached hydrogen (secondary N) is 2. The predicted molar refractivity (Wildman–Crippen MR) is 124 cm³/mol. The molecule has 1 amide bonds. The first kappa shape index (κ1) is 20.4. The molecule has 0 aliphatic carbocycles. The maximum Gasteiger partial charge on any atom is 0.243 e. The van der Waals surface area contributed by atoms with Crippen molar-refractivity contribution in [2.45, 2.75) is 11.8 Å². The van der Waals surface area contributed by atoms with Crippen LogP contribution in [0.1, 0.15) is 6.92 Å². The summed E-state index contributed by atoms with van der Waals surface area (Å²) in [6.07, 6.45) is 11.3. The molecule has 0 spiro atoms. The Hall–Kier alpha value is -3.31. The molecule has 1 aromatic heterocycles. The topological polar surface area (TPSA) is 54.0 Å². The van der Waals surface area contributed by atoms with Gasteiger partial charge in [-0.1, -0.05) is 48.7 Å². The number of aromatic nitrogens is 1. The molecule has 2 N–H and O–H groups in total. The molecular formula is C24H23N3OS. The summed E-state index contributed by atoms with van der Waals surface area (Å²) in [4.78, 5) is 18.6. The van der Waals surface area contributed by atoms with E-state index in [0.717, 1.165) is 31.9 Å². The number of fused-ring (bicyclic) bond motifs is 1. The number of thioether (sulfide) groups is 1. The molecule has 0 saturated carbocycles. The average molecular weight is 402 g/mol. The van der Waals surface area contributed by atoms with Crippen LogP contribution in [-0.4, -0.2) is 17.4 Å². The van der Waals surface area contributed by atoms with Gasteiger partial charge < -0.3 is 10.6 Å². The molecule has 3 aromatic rings. The lowest BCUT2D eigenvalue weighted by Crippen LogP contribution is -2.21. The van der Waals surface area contributed by atoms with Gasteiger partial charge in [0.1, 0.15) is 0 Å². The first-order valence-corrected chi connectivity index (χ1v) is 10.1. The lowest BCUT2D eigenvalue weighted by atomic mass is 10.1. The summed E-state index contributed by atoms with van der Waals surface area (Å²) in [5, 5.41) is 8.20. The SMILES string of the molecule is C=C/C=C(\C=C/C)Sc1cccc(NCC(=O)Nc2ccc3cnccc3c2)c1. The highest BCUT2D eigenvalue weighted by Gasteiger charge is 2.05. The van der Waals surface area contributed by atoms with Crippen LogP contribution < -0.4 is 10.6 Å². The van der Waals surface area contributed by atoms with E-state index in [4.69, 9.17) is 0 Å². The quantitative estimate of drug-likeness (QED) is 0.358. The number of benzene rings is 2. The summed E-state index contributed by atoms with van der Waals surface area (Å²) >= 11 is 1.65. The monoisotopic (exact) mass is 401 g/mol. The zero-order valence-electron chi connectivity index (χ0n) is 16.3. The van der Waals surface area contributed by atoms with Gasteiger partial charge in [0.15, 0.2) is 0 Å². The summed E-state index contributed by atoms with van der Waals surface area (Å²) < 4.78 is 0. The lowest BCUT2D eigenvalue weighted by Gasteiger charge is -2.10. The third-order valence-electron chi connectivity index (χ3n) is 4.06. The minimum atomic E-state index is -0.0994. The summed E-state index contributed by atoms with van der Waals surface area (Å²) in [5.41, 5.74) is 1.67. The Morgan fingerprint density at radius 1 is 1.14 bits per heavy atom. The maximum atomic E-state index is 12.3. The van der Waals surface area contributed by atoms with E-state index in [-0.39, 0.29) is 12.5 Å². The van der Waals surface area contributed by atoms with Crippen molar-refractivity contribution in [3.05, 3.63) is 96.7 Å². The lowest BCUT2D eigenvalue weighted by molar-refractivity contribution is -0.114. The van der Waals surface area contributed by atoms with Crippen LogP contribution in [0.25, 0.3) is 10.8 Å². The third kappa shape index (κ3) is 6.09. The van der Waals surface area contributed by atoms with Crippen LogP contribution in [0.15, 0.2) is 102 Å². The fourth-order valence-electron chi connectivity index (χ4n) is 2.76. The molecule has 0 atom stereocenters. The summed E-state index contributed by atoms with van der Waals surface area (Å²) in [7, 11) is 0. The van der Waals surface area contributed by atoms with Crippen molar-refractivity contribution in [3.8, 4) is 0 Å². The zero-order chi connectivity index (χ0) is 20.5. The van der Waals surface area contributed by atoms with Gasteiger partial charge in [0, 0.05) is 39.0 Å². The second kappa shape index (κ2) is 10.3. The number of carbonyl (C=O) groups is 1. The number of pyridine rings is 1. The first-order valence-electron chi connectivity index (χ1n) is 9.29. The van der Waals surface area contributed by atoms with Crippen LogP contribution in [-0.2, 0) is 4.79 Å². The Balaban J connectivity index is 1.59. The Labute approximate surface area is 175 Å². The third-order valence-corrected chi connectivity index (χ3v) is 5.06. The molecular weight excluding hydrogens is 378 g/mol. The second-order valence-electron chi connectivity index (χ2n) is 6.27. The number of amides is 1. The molecule has 146 valence electrons. The van der Waals surface area contributed by atoms with Gasteiger partial charge in [-0.3, -0.25) is 9.78 Å². The van der Waals surface area contributed by atoms with Crippen molar-refractivity contribution in [2.75, 3.05) is 17.2 Å². The number of hydrogen-bond donors (Lipinski definition) is 2. The highest BCUT2D eigenvalue weighted by atomic mass is 32.2. The van der Waals surface area contributed by atoms with Crippen LogP contribution in [0.3, 0.4) is 0 Å². The zero-order valence-corrected chi connectivity index (χ0v) is 17.1. The Bertz CT molecular complexity index is 1070. The standard InChI is InChI=1S/C24H23N3OS/c1-3-6-22(7-4-2)29-23-9-5-8-20(15-23)26-17-24(28)27-21-11-10-19-16-25-13-12-18(19)14-21/h3-16,26H,1,17H2,2H3,(H,27,28)/b7-4-,22-6+. The Kier molecular flexibility index (Phi) is 7.25. The second-order valence-corrected chi connectivity index (χ2v) is 7.42.